The Kier molecular flexibility index (Phi) is 4.27. The molecule has 0 fully saturated rings. The van der Waals surface area contributed by atoms with Gasteiger partial charge in [-0.05, 0) is 29.3 Å². The molecule has 19 heavy (non-hydrogen) atoms. The normalized spacial score (nSPS) is 11.0. The number of halogens is 2. The highest BCUT2D eigenvalue weighted by Gasteiger charge is 2.06. The largest absolute Gasteiger partial charge is 0.310 e. The molecule has 0 aliphatic rings. The summed E-state index contributed by atoms with van der Waals surface area (Å²) in [7, 11) is 0. The van der Waals surface area contributed by atoms with Gasteiger partial charge in [-0.3, -0.25) is 0 Å². The second-order valence-electron chi connectivity index (χ2n) is 4.86. The van der Waals surface area contributed by atoms with Crippen LogP contribution in [-0.4, -0.2) is 6.04 Å². The lowest BCUT2D eigenvalue weighted by molar-refractivity contribution is 0.589. The predicted octanol–water partition coefficient (Wildman–Crippen LogP) is 4.13. The zero-order valence-corrected chi connectivity index (χ0v) is 11.1. The molecule has 2 aromatic rings. The van der Waals surface area contributed by atoms with Crippen molar-refractivity contribution in [3.05, 3.63) is 59.7 Å². The quantitative estimate of drug-likeness (QED) is 0.872. The zero-order valence-electron chi connectivity index (χ0n) is 11.1. The van der Waals surface area contributed by atoms with Crippen LogP contribution in [0.25, 0.3) is 11.1 Å². The van der Waals surface area contributed by atoms with Crippen LogP contribution in [0.5, 0.6) is 0 Å². The summed E-state index contributed by atoms with van der Waals surface area (Å²) >= 11 is 0. The maximum Gasteiger partial charge on any atom is 0.131 e. The minimum absolute atomic E-state index is 0.295. The lowest BCUT2D eigenvalue weighted by Gasteiger charge is -2.09. The fourth-order valence-electron chi connectivity index (χ4n) is 1.84. The summed E-state index contributed by atoms with van der Waals surface area (Å²) in [5.74, 6) is -0.837. The van der Waals surface area contributed by atoms with Crippen molar-refractivity contribution >= 4 is 0 Å². The summed E-state index contributed by atoms with van der Waals surface area (Å²) in [6.07, 6.45) is 0. The Labute approximate surface area is 112 Å². The van der Waals surface area contributed by atoms with Gasteiger partial charge in [0.15, 0.2) is 0 Å². The SMILES string of the molecule is CC(C)NCc1ccc(-c2cc(F)ccc2F)cc1. The van der Waals surface area contributed by atoms with Gasteiger partial charge >= 0.3 is 0 Å². The summed E-state index contributed by atoms with van der Waals surface area (Å²) in [5, 5.41) is 3.31. The van der Waals surface area contributed by atoms with E-state index in [1.807, 2.05) is 24.3 Å². The second kappa shape index (κ2) is 5.93. The van der Waals surface area contributed by atoms with E-state index in [1.165, 1.54) is 6.07 Å². The maximum atomic E-state index is 13.6. The first-order valence-corrected chi connectivity index (χ1v) is 6.34. The van der Waals surface area contributed by atoms with Crippen LogP contribution in [-0.2, 0) is 6.54 Å². The third-order valence-corrected chi connectivity index (χ3v) is 2.91. The molecule has 0 saturated carbocycles. The van der Waals surface area contributed by atoms with Crippen LogP contribution in [0.15, 0.2) is 42.5 Å². The van der Waals surface area contributed by atoms with E-state index in [0.717, 1.165) is 24.2 Å². The van der Waals surface area contributed by atoms with Crippen LogP contribution < -0.4 is 5.32 Å². The molecular formula is C16H17F2N. The first-order valence-electron chi connectivity index (χ1n) is 6.34. The average molecular weight is 261 g/mol. The molecule has 0 radical (unpaired) electrons. The summed E-state index contributed by atoms with van der Waals surface area (Å²) in [5.41, 5.74) is 2.10. The van der Waals surface area contributed by atoms with E-state index in [2.05, 4.69) is 19.2 Å². The highest BCUT2D eigenvalue weighted by atomic mass is 19.1. The highest BCUT2D eigenvalue weighted by Crippen LogP contribution is 2.24. The van der Waals surface area contributed by atoms with Crippen molar-refractivity contribution in [1.82, 2.24) is 5.32 Å². The number of nitrogens with one attached hydrogen (secondary N) is 1. The minimum atomic E-state index is -0.429. The molecule has 100 valence electrons. The predicted molar refractivity (Wildman–Crippen MR) is 73.8 cm³/mol. The van der Waals surface area contributed by atoms with E-state index < -0.39 is 11.6 Å². The summed E-state index contributed by atoms with van der Waals surface area (Å²) < 4.78 is 26.8. The Balaban J connectivity index is 2.20. The Bertz CT molecular complexity index is 547. The lowest BCUT2D eigenvalue weighted by atomic mass is 10.0. The monoisotopic (exact) mass is 261 g/mol. The van der Waals surface area contributed by atoms with Gasteiger partial charge in [-0.25, -0.2) is 8.78 Å². The van der Waals surface area contributed by atoms with Crippen LogP contribution in [0.2, 0.25) is 0 Å². The van der Waals surface area contributed by atoms with Gasteiger partial charge in [0.2, 0.25) is 0 Å². The van der Waals surface area contributed by atoms with E-state index in [0.29, 0.717) is 17.2 Å². The number of benzene rings is 2. The van der Waals surface area contributed by atoms with Gasteiger partial charge in [0.25, 0.3) is 0 Å². The topological polar surface area (TPSA) is 12.0 Å². The number of hydrogen-bond donors (Lipinski definition) is 1. The molecule has 0 spiro atoms. The molecular weight excluding hydrogens is 244 g/mol. The molecule has 0 amide bonds. The van der Waals surface area contributed by atoms with Crippen molar-refractivity contribution in [1.29, 1.82) is 0 Å². The van der Waals surface area contributed by atoms with E-state index in [4.69, 9.17) is 0 Å². The van der Waals surface area contributed by atoms with Crippen molar-refractivity contribution in [3.8, 4) is 11.1 Å². The molecule has 0 bridgehead atoms. The Morgan fingerprint density at radius 3 is 2.32 bits per heavy atom. The Hall–Kier alpha value is -1.74. The molecule has 2 rings (SSSR count). The van der Waals surface area contributed by atoms with Gasteiger partial charge in [0.05, 0.1) is 0 Å². The Morgan fingerprint density at radius 1 is 1.00 bits per heavy atom. The number of hydrogen-bond acceptors (Lipinski definition) is 1. The van der Waals surface area contributed by atoms with Crippen molar-refractivity contribution in [3.63, 3.8) is 0 Å². The van der Waals surface area contributed by atoms with Crippen molar-refractivity contribution < 1.29 is 8.78 Å². The van der Waals surface area contributed by atoms with Crippen molar-refractivity contribution in [2.24, 2.45) is 0 Å². The smallest absolute Gasteiger partial charge is 0.131 e. The molecule has 1 nitrogen and oxygen atoms in total. The molecule has 0 aromatic heterocycles. The van der Waals surface area contributed by atoms with Crippen LogP contribution in [0.4, 0.5) is 8.78 Å². The minimum Gasteiger partial charge on any atom is -0.310 e. The third kappa shape index (κ3) is 3.61. The molecule has 0 heterocycles. The second-order valence-corrected chi connectivity index (χ2v) is 4.86. The lowest BCUT2D eigenvalue weighted by Crippen LogP contribution is -2.21. The van der Waals surface area contributed by atoms with Gasteiger partial charge in [-0.1, -0.05) is 38.1 Å². The zero-order chi connectivity index (χ0) is 13.8. The number of rotatable bonds is 4. The molecule has 2 aromatic carbocycles. The summed E-state index contributed by atoms with van der Waals surface area (Å²) in [6, 6.07) is 11.4. The maximum absolute atomic E-state index is 13.6. The van der Waals surface area contributed by atoms with E-state index in [9.17, 15) is 8.78 Å². The Morgan fingerprint density at radius 2 is 1.68 bits per heavy atom. The van der Waals surface area contributed by atoms with Crippen LogP contribution >= 0.6 is 0 Å². The van der Waals surface area contributed by atoms with E-state index in [1.54, 1.807) is 0 Å². The van der Waals surface area contributed by atoms with Gasteiger partial charge in [-0.2, -0.15) is 0 Å². The molecule has 0 aliphatic heterocycles. The first kappa shape index (κ1) is 13.7. The summed E-state index contributed by atoms with van der Waals surface area (Å²) in [6.45, 7) is 4.93. The van der Waals surface area contributed by atoms with E-state index >= 15 is 0 Å². The van der Waals surface area contributed by atoms with Gasteiger partial charge in [-0.15, -0.1) is 0 Å². The van der Waals surface area contributed by atoms with Gasteiger partial charge in [0.1, 0.15) is 11.6 Å². The van der Waals surface area contributed by atoms with Crippen LogP contribution in [0.1, 0.15) is 19.4 Å². The van der Waals surface area contributed by atoms with E-state index in [-0.39, 0.29) is 0 Å². The fourth-order valence-corrected chi connectivity index (χ4v) is 1.84. The van der Waals surface area contributed by atoms with Crippen molar-refractivity contribution in [2.45, 2.75) is 26.4 Å². The standard InChI is InChI=1S/C16H17F2N/c1-11(2)19-10-12-3-5-13(6-4-12)15-9-14(17)7-8-16(15)18/h3-9,11,19H,10H2,1-2H3. The van der Waals surface area contributed by atoms with Gasteiger partial charge < -0.3 is 5.32 Å². The molecule has 0 aliphatic carbocycles. The third-order valence-electron chi connectivity index (χ3n) is 2.91. The van der Waals surface area contributed by atoms with Gasteiger partial charge in [0, 0.05) is 18.2 Å². The average Bonchev–Trinajstić information content (AvgIpc) is 2.40. The summed E-state index contributed by atoms with van der Waals surface area (Å²) in [4.78, 5) is 0. The fraction of sp³-hybridized carbons (Fsp3) is 0.250. The van der Waals surface area contributed by atoms with Crippen LogP contribution in [0, 0.1) is 11.6 Å². The highest BCUT2D eigenvalue weighted by molar-refractivity contribution is 5.64. The molecule has 0 atom stereocenters. The molecule has 0 unspecified atom stereocenters. The van der Waals surface area contributed by atoms with Crippen LogP contribution in [0.3, 0.4) is 0 Å². The molecule has 0 saturated heterocycles. The molecule has 3 heteroatoms. The first-order chi connectivity index (χ1) is 9.06. The van der Waals surface area contributed by atoms with Crippen molar-refractivity contribution in [2.75, 3.05) is 0 Å². The molecule has 1 N–H and O–H groups in total.